The number of carbonyl (C=O) groups excluding carboxylic acids is 1. The summed E-state index contributed by atoms with van der Waals surface area (Å²) in [4.78, 5) is 11.5. The summed E-state index contributed by atoms with van der Waals surface area (Å²) in [6.45, 7) is 0.879. The first-order valence-corrected chi connectivity index (χ1v) is 8.15. The molecular weight excluding hydrogens is 262 g/mol. The Morgan fingerprint density at radius 2 is 1.86 bits per heavy atom. The van der Waals surface area contributed by atoms with Gasteiger partial charge in [0.05, 0.1) is 13.5 Å². The van der Waals surface area contributed by atoms with E-state index in [1.807, 2.05) is 12.1 Å². The summed E-state index contributed by atoms with van der Waals surface area (Å²) >= 11 is 0. The standard InChI is InChI=1S/C18H23NO2/c1-21-15(20)9-11-4-2-3-5-14(11)10-19-18-16-12-6-7-13(8-12)17(16)18/h2-5,12-13,16-19H,6-10H2,1H3. The third-order valence-electron chi connectivity index (χ3n) is 5.94. The quantitative estimate of drug-likeness (QED) is 0.845. The number of hydrogen-bond acceptors (Lipinski definition) is 3. The predicted octanol–water partition coefficient (Wildman–Crippen LogP) is 2.54. The number of nitrogens with one attached hydrogen (secondary N) is 1. The molecule has 4 rings (SSSR count). The topological polar surface area (TPSA) is 38.3 Å². The fraction of sp³-hybridized carbons (Fsp3) is 0.611. The molecule has 2 bridgehead atoms. The predicted molar refractivity (Wildman–Crippen MR) is 80.6 cm³/mol. The number of rotatable bonds is 5. The molecule has 0 amide bonds. The maximum atomic E-state index is 11.5. The Morgan fingerprint density at radius 3 is 2.52 bits per heavy atom. The van der Waals surface area contributed by atoms with Crippen LogP contribution >= 0.6 is 0 Å². The van der Waals surface area contributed by atoms with Crippen LogP contribution in [0.15, 0.2) is 24.3 Å². The van der Waals surface area contributed by atoms with E-state index in [2.05, 4.69) is 17.4 Å². The van der Waals surface area contributed by atoms with Crippen LogP contribution in [0.2, 0.25) is 0 Å². The molecule has 0 heterocycles. The Bertz CT molecular complexity index is 540. The molecule has 0 aliphatic heterocycles. The van der Waals surface area contributed by atoms with Crippen molar-refractivity contribution in [2.75, 3.05) is 7.11 Å². The molecule has 0 aromatic heterocycles. The van der Waals surface area contributed by atoms with Gasteiger partial charge in [0.1, 0.15) is 0 Å². The van der Waals surface area contributed by atoms with Crippen molar-refractivity contribution in [1.29, 1.82) is 0 Å². The second-order valence-electron chi connectivity index (χ2n) is 6.92. The third-order valence-corrected chi connectivity index (χ3v) is 5.94. The van der Waals surface area contributed by atoms with Crippen LogP contribution in [-0.2, 0) is 22.5 Å². The van der Waals surface area contributed by atoms with E-state index in [1.165, 1.54) is 31.9 Å². The first-order chi connectivity index (χ1) is 10.3. The Hall–Kier alpha value is -1.35. The summed E-state index contributed by atoms with van der Waals surface area (Å²) in [6.07, 6.45) is 4.79. The van der Waals surface area contributed by atoms with Crippen molar-refractivity contribution < 1.29 is 9.53 Å². The zero-order valence-electron chi connectivity index (χ0n) is 12.5. The molecule has 112 valence electrons. The Kier molecular flexibility index (Phi) is 3.26. The van der Waals surface area contributed by atoms with Crippen molar-refractivity contribution in [2.24, 2.45) is 23.7 Å². The Labute approximate surface area is 126 Å². The van der Waals surface area contributed by atoms with Crippen molar-refractivity contribution >= 4 is 5.97 Å². The van der Waals surface area contributed by atoms with E-state index in [9.17, 15) is 4.79 Å². The molecule has 3 fully saturated rings. The van der Waals surface area contributed by atoms with E-state index in [1.54, 1.807) is 0 Å². The zero-order chi connectivity index (χ0) is 14.4. The summed E-state index contributed by atoms with van der Waals surface area (Å²) in [6, 6.07) is 8.94. The number of fused-ring (bicyclic) bond motifs is 5. The lowest BCUT2D eigenvalue weighted by molar-refractivity contribution is -0.139. The number of benzene rings is 1. The lowest BCUT2D eigenvalue weighted by atomic mass is 10.0. The Morgan fingerprint density at radius 1 is 1.19 bits per heavy atom. The van der Waals surface area contributed by atoms with Gasteiger partial charge in [-0.05, 0) is 54.1 Å². The van der Waals surface area contributed by atoms with Crippen LogP contribution < -0.4 is 5.32 Å². The average Bonchev–Trinajstić information content (AvgIpc) is 2.89. The zero-order valence-corrected chi connectivity index (χ0v) is 12.5. The third kappa shape index (κ3) is 2.28. The molecule has 1 aromatic carbocycles. The van der Waals surface area contributed by atoms with Crippen LogP contribution in [0.3, 0.4) is 0 Å². The molecule has 3 heteroatoms. The SMILES string of the molecule is COC(=O)Cc1ccccc1CNC1C2C3CCC(C3)C12. The van der Waals surface area contributed by atoms with Gasteiger partial charge in [0.15, 0.2) is 0 Å². The van der Waals surface area contributed by atoms with Crippen LogP contribution in [0, 0.1) is 23.7 Å². The van der Waals surface area contributed by atoms with Crippen LogP contribution in [0.4, 0.5) is 0 Å². The number of methoxy groups -OCH3 is 1. The van der Waals surface area contributed by atoms with Crippen molar-refractivity contribution in [3.05, 3.63) is 35.4 Å². The van der Waals surface area contributed by atoms with E-state index in [0.717, 1.165) is 41.8 Å². The van der Waals surface area contributed by atoms with Gasteiger partial charge in [0.2, 0.25) is 0 Å². The maximum absolute atomic E-state index is 11.5. The molecular formula is C18H23NO2. The first-order valence-electron chi connectivity index (χ1n) is 8.15. The molecule has 21 heavy (non-hydrogen) atoms. The highest BCUT2D eigenvalue weighted by Crippen LogP contribution is 2.65. The number of esters is 1. The molecule has 3 nitrogen and oxygen atoms in total. The number of carbonyl (C=O) groups is 1. The molecule has 3 aliphatic rings. The van der Waals surface area contributed by atoms with Gasteiger partial charge < -0.3 is 10.1 Å². The summed E-state index contributed by atoms with van der Waals surface area (Å²) in [5.74, 6) is 3.75. The minimum absolute atomic E-state index is 0.163. The molecule has 3 aliphatic carbocycles. The number of hydrogen-bond donors (Lipinski definition) is 1. The fourth-order valence-corrected chi connectivity index (χ4v) is 4.96. The lowest BCUT2D eigenvalue weighted by Crippen LogP contribution is -2.23. The van der Waals surface area contributed by atoms with Crippen LogP contribution in [0.25, 0.3) is 0 Å². The molecule has 0 radical (unpaired) electrons. The second kappa shape index (κ2) is 5.13. The summed E-state index contributed by atoms with van der Waals surface area (Å²) in [7, 11) is 1.45. The smallest absolute Gasteiger partial charge is 0.309 e. The van der Waals surface area contributed by atoms with Gasteiger partial charge in [0, 0.05) is 12.6 Å². The normalized spacial score (nSPS) is 35.6. The fourth-order valence-electron chi connectivity index (χ4n) is 4.96. The van der Waals surface area contributed by atoms with Gasteiger partial charge in [0.25, 0.3) is 0 Å². The molecule has 0 saturated heterocycles. The summed E-state index contributed by atoms with van der Waals surface area (Å²) < 4.78 is 4.78. The van der Waals surface area contributed by atoms with Crippen molar-refractivity contribution in [2.45, 2.75) is 38.3 Å². The highest BCUT2D eigenvalue weighted by Gasteiger charge is 2.64. The van der Waals surface area contributed by atoms with Gasteiger partial charge in [-0.2, -0.15) is 0 Å². The monoisotopic (exact) mass is 285 g/mol. The molecule has 4 atom stereocenters. The van der Waals surface area contributed by atoms with E-state index in [-0.39, 0.29) is 5.97 Å². The average molecular weight is 285 g/mol. The largest absolute Gasteiger partial charge is 0.469 e. The highest BCUT2D eigenvalue weighted by molar-refractivity contribution is 5.72. The maximum Gasteiger partial charge on any atom is 0.309 e. The molecule has 1 N–H and O–H groups in total. The first kappa shape index (κ1) is 13.3. The van der Waals surface area contributed by atoms with E-state index in [0.29, 0.717) is 6.42 Å². The van der Waals surface area contributed by atoms with Crippen LogP contribution in [-0.4, -0.2) is 19.1 Å². The number of ether oxygens (including phenoxy) is 1. The van der Waals surface area contributed by atoms with E-state index < -0.39 is 0 Å². The molecule has 4 unspecified atom stereocenters. The minimum Gasteiger partial charge on any atom is -0.469 e. The van der Waals surface area contributed by atoms with Gasteiger partial charge in [-0.15, -0.1) is 0 Å². The van der Waals surface area contributed by atoms with Crippen molar-refractivity contribution in [3.63, 3.8) is 0 Å². The van der Waals surface area contributed by atoms with Gasteiger partial charge in [-0.3, -0.25) is 4.79 Å². The van der Waals surface area contributed by atoms with Gasteiger partial charge >= 0.3 is 5.97 Å². The van der Waals surface area contributed by atoms with Gasteiger partial charge in [-0.1, -0.05) is 24.3 Å². The van der Waals surface area contributed by atoms with E-state index in [4.69, 9.17) is 4.74 Å². The van der Waals surface area contributed by atoms with E-state index >= 15 is 0 Å². The highest BCUT2D eigenvalue weighted by atomic mass is 16.5. The van der Waals surface area contributed by atoms with Crippen molar-refractivity contribution in [1.82, 2.24) is 5.32 Å². The second-order valence-corrected chi connectivity index (χ2v) is 6.92. The van der Waals surface area contributed by atoms with Gasteiger partial charge in [-0.25, -0.2) is 0 Å². The van der Waals surface area contributed by atoms with Crippen molar-refractivity contribution in [3.8, 4) is 0 Å². The van der Waals surface area contributed by atoms with Crippen LogP contribution in [0.1, 0.15) is 30.4 Å². The molecule has 3 saturated carbocycles. The van der Waals surface area contributed by atoms with Crippen LogP contribution in [0.5, 0.6) is 0 Å². The Balaban J connectivity index is 1.38. The summed E-state index contributed by atoms with van der Waals surface area (Å²) in [5.41, 5.74) is 2.32. The summed E-state index contributed by atoms with van der Waals surface area (Å²) in [5, 5.41) is 3.76. The minimum atomic E-state index is -0.163. The molecule has 1 aromatic rings. The molecule has 0 spiro atoms. The lowest BCUT2D eigenvalue weighted by Gasteiger charge is -2.13.